The van der Waals surface area contributed by atoms with Crippen LogP contribution >= 0.6 is 11.3 Å². The van der Waals surface area contributed by atoms with Crippen LogP contribution in [0.2, 0.25) is 0 Å². The number of aromatic nitrogens is 2. The normalized spacial score (nSPS) is 10.0. The van der Waals surface area contributed by atoms with Crippen molar-refractivity contribution in [1.29, 1.82) is 0 Å². The van der Waals surface area contributed by atoms with E-state index >= 15 is 0 Å². The summed E-state index contributed by atoms with van der Waals surface area (Å²) in [7, 11) is 0. The molecule has 2 heterocycles. The number of hydrogen-bond acceptors (Lipinski definition) is 5. The monoisotopic (exact) mass is 181 g/mol. The minimum atomic E-state index is 0.632. The van der Waals surface area contributed by atoms with Crippen molar-refractivity contribution in [2.24, 2.45) is 0 Å². The summed E-state index contributed by atoms with van der Waals surface area (Å²) in [5.41, 5.74) is 0. The lowest BCUT2D eigenvalue weighted by Crippen LogP contribution is -1.96. The summed E-state index contributed by atoms with van der Waals surface area (Å²) in [5.74, 6) is 0.810. The highest BCUT2D eigenvalue weighted by atomic mass is 32.1. The van der Waals surface area contributed by atoms with Crippen LogP contribution in [0.1, 0.15) is 5.76 Å². The second-order valence-corrected chi connectivity index (χ2v) is 3.06. The van der Waals surface area contributed by atoms with Crippen LogP contribution in [-0.4, -0.2) is 10.1 Å². The lowest BCUT2D eigenvalue weighted by Gasteiger charge is -1.96. The van der Waals surface area contributed by atoms with Crippen LogP contribution in [0, 0.1) is 0 Å². The molecule has 0 fully saturated rings. The first-order chi connectivity index (χ1) is 5.95. The number of thiazole rings is 1. The van der Waals surface area contributed by atoms with Crippen LogP contribution in [0.25, 0.3) is 0 Å². The molecule has 2 aromatic rings. The van der Waals surface area contributed by atoms with Gasteiger partial charge in [0.1, 0.15) is 0 Å². The smallest absolute Gasteiger partial charge is 0.182 e. The van der Waals surface area contributed by atoms with Gasteiger partial charge in [-0.15, -0.1) is 11.3 Å². The van der Waals surface area contributed by atoms with Crippen LogP contribution in [0.4, 0.5) is 5.13 Å². The van der Waals surface area contributed by atoms with Crippen molar-refractivity contribution in [2.75, 3.05) is 5.32 Å². The molecule has 0 spiro atoms. The number of hydrogen-bond donors (Lipinski definition) is 1. The molecular weight excluding hydrogens is 174 g/mol. The third-order valence-electron chi connectivity index (χ3n) is 1.34. The Balaban J connectivity index is 1.91. The molecule has 0 aliphatic rings. The minimum Gasteiger partial charge on any atom is -0.360 e. The number of anilines is 1. The van der Waals surface area contributed by atoms with Crippen molar-refractivity contribution in [2.45, 2.75) is 6.54 Å². The highest BCUT2D eigenvalue weighted by molar-refractivity contribution is 7.13. The molecule has 0 radical (unpaired) electrons. The fourth-order valence-corrected chi connectivity index (χ4v) is 1.33. The maximum absolute atomic E-state index is 4.90. The molecule has 0 aromatic carbocycles. The number of nitrogens with zero attached hydrogens (tertiary/aromatic N) is 2. The topological polar surface area (TPSA) is 51.0 Å². The molecule has 1 N–H and O–H groups in total. The Bertz CT molecular complexity index is 282. The Morgan fingerprint density at radius 3 is 3.17 bits per heavy atom. The van der Waals surface area contributed by atoms with Crippen molar-refractivity contribution in [3.05, 3.63) is 29.6 Å². The van der Waals surface area contributed by atoms with Gasteiger partial charge in [0.25, 0.3) is 0 Å². The highest BCUT2D eigenvalue weighted by Crippen LogP contribution is 2.11. The maximum atomic E-state index is 4.90. The van der Waals surface area contributed by atoms with Gasteiger partial charge in [-0.2, -0.15) is 0 Å². The van der Waals surface area contributed by atoms with Crippen LogP contribution in [0.3, 0.4) is 0 Å². The van der Waals surface area contributed by atoms with E-state index in [0.29, 0.717) is 6.54 Å². The molecule has 0 saturated heterocycles. The van der Waals surface area contributed by atoms with Crippen LogP contribution < -0.4 is 5.32 Å². The Morgan fingerprint density at radius 2 is 2.50 bits per heavy atom. The van der Waals surface area contributed by atoms with Crippen molar-refractivity contribution in [3.63, 3.8) is 0 Å². The van der Waals surface area contributed by atoms with Gasteiger partial charge in [0, 0.05) is 17.6 Å². The quantitative estimate of drug-likeness (QED) is 0.783. The van der Waals surface area contributed by atoms with Crippen molar-refractivity contribution < 1.29 is 4.52 Å². The van der Waals surface area contributed by atoms with Gasteiger partial charge in [0.05, 0.1) is 12.7 Å². The molecule has 0 aliphatic heterocycles. The lowest BCUT2D eigenvalue weighted by atomic mass is 10.5. The van der Waals surface area contributed by atoms with Crippen molar-refractivity contribution in [3.8, 4) is 0 Å². The summed E-state index contributed by atoms with van der Waals surface area (Å²) >= 11 is 1.56. The predicted molar refractivity (Wildman–Crippen MR) is 45.9 cm³/mol. The summed E-state index contributed by atoms with van der Waals surface area (Å²) in [4.78, 5) is 4.06. The first kappa shape index (κ1) is 7.30. The van der Waals surface area contributed by atoms with Gasteiger partial charge in [-0.3, -0.25) is 0 Å². The minimum absolute atomic E-state index is 0.632. The third-order valence-corrected chi connectivity index (χ3v) is 2.07. The molecule has 0 aliphatic carbocycles. The fourth-order valence-electron chi connectivity index (χ4n) is 0.807. The second-order valence-electron chi connectivity index (χ2n) is 2.17. The zero-order chi connectivity index (χ0) is 8.23. The number of rotatable bonds is 3. The van der Waals surface area contributed by atoms with E-state index in [-0.39, 0.29) is 0 Å². The summed E-state index contributed by atoms with van der Waals surface area (Å²) in [6.07, 6.45) is 3.38. The van der Waals surface area contributed by atoms with E-state index in [1.165, 1.54) is 0 Å². The Kier molecular flexibility index (Phi) is 2.04. The van der Waals surface area contributed by atoms with Crippen LogP contribution in [-0.2, 0) is 6.54 Å². The SMILES string of the molecule is c1cc(CNc2nccs2)on1. The van der Waals surface area contributed by atoms with Crippen LogP contribution in [0.15, 0.2) is 28.4 Å². The molecule has 12 heavy (non-hydrogen) atoms. The summed E-state index contributed by atoms with van der Waals surface area (Å²) in [6, 6.07) is 1.82. The van der Waals surface area contributed by atoms with Crippen molar-refractivity contribution >= 4 is 16.5 Å². The molecule has 4 nitrogen and oxygen atoms in total. The average Bonchev–Trinajstić information content (AvgIpc) is 2.74. The highest BCUT2D eigenvalue weighted by Gasteiger charge is 1.97. The zero-order valence-electron chi connectivity index (χ0n) is 6.23. The third kappa shape index (κ3) is 1.62. The molecule has 0 amide bonds. The maximum Gasteiger partial charge on any atom is 0.182 e. The molecule has 2 rings (SSSR count). The fraction of sp³-hybridized carbons (Fsp3) is 0.143. The second kappa shape index (κ2) is 3.36. The van der Waals surface area contributed by atoms with E-state index in [2.05, 4.69) is 15.5 Å². The molecule has 0 bridgehead atoms. The summed E-state index contributed by atoms with van der Waals surface area (Å²) < 4.78 is 4.90. The van der Waals surface area contributed by atoms with Gasteiger partial charge < -0.3 is 9.84 Å². The average molecular weight is 181 g/mol. The largest absolute Gasteiger partial charge is 0.360 e. The van der Waals surface area contributed by atoms with Gasteiger partial charge in [-0.1, -0.05) is 5.16 Å². The molecule has 0 saturated carbocycles. The Labute approximate surface area is 73.2 Å². The van der Waals surface area contributed by atoms with Gasteiger partial charge in [0.2, 0.25) is 0 Å². The molecule has 2 aromatic heterocycles. The first-order valence-electron chi connectivity index (χ1n) is 3.48. The standard InChI is InChI=1S/C7H7N3OS/c1-2-10-11-6(1)5-9-7-8-3-4-12-7/h1-4H,5H2,(H,8,9). The Morgan fingerprint density at radius 1 is 1.50 bits per heavy atom. The van der Waals surface area contributed by atoms with Gasteiger partial charge in [-0.25, -0.2) is 4.98 Å². The van der Waals surface area contributed by atoms with Gasteiger partial charge in [0.15, 0.2) is 10.9 Å². The number of nitrogens with one attached hydrogen (secondary N) is 1. The predicted octanol–water partition coefficient (Wildman–Crippen LogP) is 1.74. The Hall–Kier alpha value is -1.36. The van der Waals surface area contributed by atoms with Gasteiger partial charge >= 0.3 is 0 Å². The zero-order valence-corrected chi connectivity index (χ0v) is 7.04. The van der Waals surface area contributed by atoms with Gasteiger partial charge in [-0.05, 0) is 0 Å². The lowest BCUT2D eigenvalue weighted by molar-refractivity contribution is 0.388. The van der Waals surface area contributed by atoms with Crippen molar-refractivity contribution in [1.82, 2.24) is 10.1 Å². The van der Waals surface area contributed by atoms with Crippen LogP contribution in [0.5, 0.6) is 0 Å². The van der Waals surface area contributed by atoms with E-state index < -0.39 is 0 Å². The molecular formula is C7H7N3OS. The molecule has 0 atom stereocenters. The van der Waals surface area contributed by atoms with E-state index in [1.54, 1.807) is 23.7 Å². The van der Waals surface area contributed by atoms with E-state index in [4.69, 9.17) is 4.52 Å². The van der Waals surface area contributed by atoms with E-state index in [0.717, 1.165) is 10.9 Å². The molecule has 0 unspecified atom stereocenters. The van der Waals surface area contributed by atoms with E-state index in [9.17, 15) is 0 Å². The summed E-state index contributed by atoms with van der Waals surface area (Å²) in [5, 5.41) is 9.50. The summed E-state index contributed by atoms with van der Waals surface area (Å²) in [6.45, 7) is 0.632. The molecule has 62 valence electrons. The molecule has 5 heteroatoms. The van der Waals surface area contributed by atoms with E-state index in [1.807, 2.05) is 11.4 Å². The first-order valence-corrected chi connectivity index (χ1v) is 4.36.